The van der Waals surface area contributed by atoms with E-state index in [1.165, 1.54) is 23.1 Å². The highest BCUT2D eigenvalue weighted by molar-refractivity contribution is 7.99. The zero-order chi connectivity index (χ0) is 16.9. The first kappa shape index (κ1) is 16.6. The highest BCUT2D eigenvalue weighted by Gasteiger charge is 2.20. The van der Waals surface area contributed by atoms with E-state index in [4.69, 9.17) is 0 Å². The van der Waals surface area contributed by atoms with Crippen LogP contribution in [0, 0.1) is 13.8 Å². The van der Waals surface area contributed by atoms with E-state index in [0.717, 1.165) is 17.1 Å². The number of anilines is 2. The van der Waals surface area contributed by atoms with Gasteiger partial charge in [-0.15, -0.1) is 11.3 Å². The van der Waals surface area contributed by atoms with Crippen molar-refractivity contribution in [1.82, 2.24) is 15.0 Å². The molecule has 3 rings (SSSR count). The maximum Gasteiger partial charge on any atom is 0.243 e. The highest BCUT2D eigenvalue weighted by atomic mass is 32.2. The summed E-state index contributed by atoms with van der Waals surface area (Å²) in [5.41, 5.74) is 2.61. The minimum atomic E-state index is -0.0519. The number of amides is 1. The second-order valence-corrected chi connectivity index (χ2v) is 6.92. The number of aryl methyl sites for hydroxylation is 2. The van der Waals surface area contributed by atoms with Crippen molar-refractivity contribution in [3.05, 3.63) is 59.4 Å². The Morgan fingerprint density at radius 1 is 1.17 bits per heavy atom. The second-order valence-electron chi connectivity index (χ2n) is 5.10. The average molecular weight is 356 g/mol. The molecule has 0 spiro atoms. The Morgan fingerprint density at radius 2 is 1.88 bits per heavy atom. The van der Waals surface area contributed by atoms with E-state index in [9.17, 15) is 4.79 Å². The van der Waals surface area contributed by atoms with Gasteiger partial charge in [-0.25, -0.2) is 15.0 Å². The maximum atomic E-state index is 12.8. The zero-order valence-corrected chi connectivity index (χ0v) is 15.0. The second kappa shape index (κ2) is 7.55. The molecule has 0 saturated heterocycles. The van der Waals surface area contributed by atoms with E-state index >= 15 is 0 Å². The molecular formula is C17H16N4OS2. The van der Waals surface area contributed by atoms with Gasteiger partial charge in [0.15, 0.2) is 10.3 Å². The van der Waals surface area contributed by atoms with Crippen LogP contribution in [-0.4, -0.2) is 26.6 Å². The number of carbonyl (C=O) groups is 1. The number of carbonyl (C=O) groups excluding carboxylic acids is 1. The summed E-state index contributed by atoms with van der Waals surface area (Å²) in [6.07, 6.45) is 1.70. The van der Waals surface area contributed by atoms with Crippen LogP contribution in [0.1, 0.15) is 11.4 Å². The van der Waals surface area contributed by atoms with Crippen LogP contribution in [0.25, 0.3) is 0 Å². The molecule has 0 aliphatic rings. The van der Waals surface area contributed by atoms with Gasteiger partial charge in [0.05, 0.1) is 11.4 Å². The van der Waals surface area contributed by atoms with E-state index in [0.29, 0.717) is 10.3 Å². The third kappa shape index (κ3) is 3.98. The number of para-hydroxylation sites is 1. The van der Waals surface area contributed by atoms with Gasteiger partial charge in [-0.2, -0.15) is 0 Å². The minimum Gasteiger partial charge on any atom is -0.273 e. The lowest BCUT2D eigenvalue weighted by atomic mass is 10.3. The lowest BCUT2D eigenvalue weighted by Crippen LogP contribution is -2.27. The predicted molar refractivity (Wildman–Crippen MR) is 97.9 cm³/mol. The normalized spacial score (nSPS) is 10.6. The van der Waals surface area contributed by atoms with E-state index < -0.39 is 0 Å². The van der Waals surface area contributed by atoms with Crippen molar-refractivity contribution in [3.63, 3.8) is 0 Å². The summed E-state index contributed by atoms with van der Waals surface area (Å²) >= 11 is 2.77. The Hall–Kier alpha value is -2.25. The number of thioether (sulfide) groups is 1. The molecule has 0 bridgehead atoms. The van der Waals surface area contributed by atoms with E-state index in [2.05, 4.69) is 15.0 Å². The average Bonchev–Trinajstić information content (AvgIpc) is 3.07. The number of hydrogen-bond acceptors (Lipinski definition) is 6. The van der Waals surface area contributed by atoms with E-state index in [-0.39, 0.29) is 11.7 Å². The SMILES string of the molecule is Cc1cc(C)nc(SCC(=O)N(c2ccccc2)c2nccs2)n1. The molecular weight excluding hydrogens is 340 g/mol. The summed E-state index contributed by atoms with van der Waals surface area (Å²) in [5.74, 6) is 0.195. The Morgan fingerprint density at radius 3 is 2.50 bits per heavy atom. The summed E-state index contributed by atoms with van der Waals surface area (Å²) in [7, 11) is 0. The van der Waals surface area contributed by atoms with Crippen LogP contribution in [0.3, 0.4) is 0 Å². The van der Waals surface area contributed by atoms with Crippen LogP contribution in [0.4, 0.5) is 10.8 Å². The monoisotopic (exact) mass is 356 g/mol. The van der Waals surface area contributed by atoms with Crippen molar-refractivity contribution in [1.29, 1.82) is 0 Å². The number of thiazole rings is 1. The highest BCUT2D eigenvalue weighted by Crippen LogP contribution is 2.28. The maximum absolute atomic E-state index is 12.8. The summed E-state index contributed by atoms with van der Waals surface area (Å²) in [5, 5.41) is 3.14. The van der Waals surface area contributed by atoms with E-state index in [1.54, 1.807) is 11.1 Å². The number of benzene rings is 1. The third-order valence-corrected chi connectivity index (χ3v) is 4.75. The molecule has 7 heteroatoms. The Balaban J connectivity index is 1.79. The Labute approximate surface area is 148 Å². The molecule has 0 fully saturated rings. The van der Waals surface area contributed by atoms with Gasteiger partial charge in [-0.1, -0.05) is 30.0 Å². The molecule has 0 N–H and O–H groups in total. The van der Waals surface area contributed by atoms with Crippen molar-refractivity contribution in [2.24, 2.45) is 0 Å². The van der Waals surface area contributed by atoms with Crippen LogP contribution < -0.4 is 4.90 Å². The van der Waals surface area contributed by atoms with E-state index in [1.807, 2.05) is 55.6 Å². The van der Waals surface area contributed by atoms with Crippen LogP contribution >= 0.6 is 23.1 Å². The van der Waals surface area contributed by atoms with Crippen LogP contribution in [0.5, 0.6) is 0 Å². The molecule has 2 aromatic heterocycles. The molecule has 1 aromatic carbocycles. The fourth-order valence-electron chi connectivity index (χ4n) is 2.21. The van der Waals surface area contributed by atoms with Gasteiger partial charge < -0.3 is 0 Å². The van der Waals surface area contributed by atoms with Crippen molar-refractivity contribution in [2.45, 2.75) is 19.0 Å². The molecule has 0 radical (unpaired) electrons. The predicted octanol–water partition coefficient (Wildman–Crippen LogP) is 4.01. The third-order valence-electron chi connectivity index (χ3n) is 3.16. The molecule has 24 heavy (non-hydrogen) atoms. The largest absolute Gasteiger partial charge is 0.273 e. The summed E-state index contributed by atoms with van der Waals surface area (Å²) < 4.78 is 0. The number of rotatable bonds is 5. The minimum absolute atomic E-state index is 0.0519. The van der Waals surface area contributed by atoms with Gasteiger partial charge in [-0.3, -0.25) is 9.69 Å². The first-order valence-electron chi connectivity index (χ1n) is 7.36. The molecule has 5 nitrogen and oxygen atoms in total. The molecule has 0 aliphatic heterocycles. The lowest BCUT2D eigenvalue weighted by molar-refractivity contribution is -0.115. The van der Waals surface area contributed by atoms with Crippen LogP contribution in [-0.2, 0) is 4.79 Å². The summed E-state index contributed by atoms with van der Waals surface area (Å²) in [6.45, 7) is 3.85. The Kier molecular flexibility index (Phi) is 5.22. The molecule has 3 aromatic rings. The molecule has 2 heterocycles. The fraction of sp³-hybridized carbons (Fsp3) is 0.176. The van der Waals surface area contributed by atoms with Crippen molar-refractivity contribution in [3.8, 4) is 0 Å². The molecule has 0 atom stereocenters. The van der Waals surface area contributed by atoms with Gasteiger partial charge in [0.2, 0.25) is 5.91 Å². The Bertz CT molecular complexity index is 802. The molecule has 0 saturated carbocycles. The number of hydrogen-bond donors (Lipinski definition) is 0. The number of aromatic nitrogens is 3. The van der Waals surface area contributed by atoms with Gasteiger partial charge in [0.25, 0.3) is 0 Å². The first-order chi connectivity index (χ1) is 11.6. The summed E-state index contributed by atoms with van der Waals surface area (Å²) in [4.78, 5) is 27.5. The smallest absolute Gasteiger partial charge is 0.243 e. The lowest BCUT2D eigenvalue weighted by Gasteiger charge is -2.19. The van der Waals surface area contributed by atoms with Crippen LogP contribution in [0.15, 0.2) is 53.1 Å². The van der Waals surface area contributed by atoms with Crippen molar-refractivity contribution in [2.75, 3.05) is 10.7 Å². The topological polar surface area (TPSA) is 59.0 Å². The fourth-order valence-corrected chi connectivity index (χ4v) is 3.69. The van der Waals surface area contributed by atoms with Crippen molar-refractivity contribution >= 4 is 39.8 Å². The van der Waals surface area contributed by atoms with Gasteiger partial charge in [-0.05, 0) is 32.0 Å². The molecule has 122 valence electrons. The molecule has 1 amide bonds. The molecule has 0 aliphatic carbocycles. The standard InChI is InChI=1S/C17H16N4OS2/c1-12-10-13(2)20-16(19-12)24-11-15(22)21(17-18-8-9-23-17)14-6-4-3-5-7-14/h3-10H,11H2,1-2H3. The van der Waals surface area contributed by atoms with Crippen molar-refractivity contribution < 1.29 is 4.79 Å². The quantitative estimate of drug-likeness (QED) is 0.511. The van der Waals surface area contributed by atoms with Gasteiger partial charge in [0, 0.05) is 23.0 Å². The first-order valence-corrected chi connectivity index (χ1v) is 9.22. The molecule has 0 unspecified atom stereocenters. The zero-order valence-electron chi connectivity index (χ0n) is 13.3. The number of nitrogens with zero attached hydrogens (tertiary/aromatic N) is 4. The summed E-state index contributed by atoms with van der Waals surface area (Å²) in [6, 6.07) is 11.4. The van der Waals surface area contributed by atoms with Gasteiger partial charge in [0.1, 0.15) is 0 Å². The van der Waals surface area contributed by atoms with Gasteiger partial charge >= 0.3 is 0 Å². The van der Waals surface area contributed by atoms with Crippen LogP contribution in [0.2, 0.25) is 0 Å².